The molecule has 0 fully saturated rings. The van der Waals surface area contributed by atoms with Gasteiger partial charge in [-0.05, 0) is 20.8 Å². The van der Waals surface area contributed by atoms with Gasteiger partial charge in [-0.3, -0.25) is 4.68 Å². The third-order valence-corrected chi connectivity index (χ3v) is 1.95. The van der Waals surface area contributed by atoms with Crippen molar-refractivity contribution >= 4 is 5.97 Å². The van der Waals surface area contributed by atoms with Gasteiger partial charge in [-0.2, -0.15) is 5.10 Å². The van der Waals surface area contributed by atoms with E-state index in [2.05, 4.69) is 5.10 Å². The van der Waals surface area contributed by atoms with E-state index in [1.165, 1.54) is 0 Å². The highest BCUT2D eigenvalue weighted by molar-refractivity contribution is 5.68. The number of aliphatic carboxylic acids is 1. The Morgan fingerprint density at radius 1 is 1.57 bits per heavy atom. The molecule has 0 bridgehead atoms. The molecule has 0 atom stereocenters. The van der Waals surface area contributed by atoms with Gasteiger partial charge in [-0.1, -0.05) is 0 Å². The third kappa shape index (κ3) is 2.04. The van der Waals surface area contributed by atoms with Gasteiger partial charge in [-0.15, -0.1) is 0 Å². The van der Waals surface area contributed by atoms with E-state index in [9.17, 15) is 4.79 Å². The molecule has 1 rings (SSSR count). The Morgan fingerprint density at radius 3 is 2.64 bits per heavy atom. The summed E-state index contributed by atoms with van der Waals surface area (Å²) in [4.78, 5) is 10.3. The van der Waals surface area contributed by atoms with Crippen LogP contribution in [-0.4, -0.2) is 27.5 Å². The number of aryl methyl sites for hydroxylation is 2. The maximum Gasteiger partial charge on any atom is 0.341 e. The fourth-order valence-corrected chi connectivity index (χ4v) is 1.33. The van der Waals surface area contributed by atoms with E-state index in [1.807, 2.05) is 13.8 Å². The van der Waals surface area contributed by atoms with E-state index >= 15 is 0 Å². The molecule has 0 spiro atoms. The van der Waals surface area contributed by atoms with Crippen molar-refractivity contribution in [1.29, 1.82) is 0 Å². The van der Waals surface area contributed by atoms with E-state index in [4.69, 9.17) is 9.84 Å². The topological polar surface area (TPSA) is 64.4 Å². The number of rotatable bonds is 4. The number of hydrogen-bond acceptors (Lipinski definition) is 3. The summed E-state index contributed by atoms with van der Waals surface area (Å²) in [7, 11) is 0. The standard InChI is InChI=1S/C9H14N2O3/c1-4-11-7(3)9(6(2)10-11)14-5-8(12)13/h4-5H2,1-3H3,(H,12,13). The molecule has 0 saturated heterocycles. The maximum absolute atomic E-state index is 10.3. The minimum atomic E-state index is -0.979. The van der Waals surface area contributed by atoms with Gasteiger partial charge in [0.2, 0.25) is 0 Å². The zero-order chi connectivity index (χ0) is 10.7. The molecule has 0 aromatic carbocycles. The van der Waals surface area contributed by atoms with Crippen molar-refractivity contribution in [3.05, 3.63) is 11.4 Å². The van der Waals surface area contributed by atoms with Crippen LogP contribution in [0.2, 0.25) is 0 Å². The van der Waals surface area contributed by atoms with Gasteiger partial charge in [0, 0.05) is 6.54 Å². The van der Waals surface area contributed by atoms with Crippen LogP contribution in [0.15, 0.2) is 0 Å². The highest BCUT2D eigenvalue weighted by Crippen LogP contribution is 2.21. The highest BCUT2D eigenvalue weighted by Gasteiger charge is 2.12. The number of ether oxygens (including phenoxy) is 1. The van der Waals surface area contributed by atoms with E-state index < -0.39 is 5.97 Å². The lowest BCUT2D eigenvalue weighted by molar-refractivity contribution is -0.139. The minimum absolute atomic E-state index is 0.322. The first kappa shape index (κ1) is 10.6. The lowest BCUT2D eigenvalue weighted by atomic mass is 10.3. The Balaban J connectivity index is 2.85. The Hall–Kier alpha value is -1.52. The second-order valence-corrected chi connectivity index (χ2v) is 3.00. The maximum atomic E-state index is 10.3. The molecule has 1 N–H and O–H groups in total. The van der Waals surface area contributed by atoms with E-state index in [-0.39, 0.29) is 6.61 Å². The van der Waals surface area contributed by atoms with Gasteiger partial charge in [0.1, 0.15) is 5.69 Å². The average Bonchev–Trinajstić information content (AvgIpc) is 2.39. The molecule has 0 aliphatic heterocycles. The fraction of sp³-hybridized carbons (Fsp3) is 0.556. The summed E-state index contributed by atoms with van der Waals surface area (Å²) < 4.78 is 6.91. The molecule has 78 valence electrons. The molecule has 1 heterocycles. The number of carboxylic acid groups (broad SMARTS) is 1. The molecule has 0 aliphatic carbocycles. The molecule has 1 aromatic rings. The van der Waals surface area contributed by atoms with Crippen LogP contribution < -0.4 is 4.74 Å². The number of nitrogens with zero attached hydrogens (tertiary/aromatic N) is 2. The monoisotopic (exact) mass is 198 g/mol. The van der Waals surface area contributed by atoms with Crippen molar-refractivity contribution in [2.24, 2.45) is 0 Å². The second kappa shape index (κ2) is 4.13. The lowest BCUT2D eigenvalue weighted by Crippen LogP contribution is -2.10. The molecule has 0 aliphatic rings. The highest BCUT2D eigenvalue weighted by atomic mass is 16.5. The van der Waals surface area contributed by atoms with Crippen LogP contribution in [0.3, 0.4) is 0 Å². The normalized spacial score (nSPS) is 10.2. The van der Waals surface area contributed by atoms with Crippen molar-refractivity contribution in [3.8, 4) is 5.75 Å². The van der Waals surface area contributed by atoms with Crippen molar-refractivity contribution in [2.75, 3.05) is 6.61 Å². The molecule has 1 aromatic heterocycles. The summed E-state index contributed by atoms with van der Waals surface area (Å²) in [6.07, 6.45) is 0. The van der Waals surface area contributed by atoms with Crippen LogP contribution in [0.5, 0.6) is 5.75 Å². The average molecular weight is 198 g/mol. The number of hydrogen-bond donors (Lipinski definition) is 1. The van der Waals surface area contributed by atoms with Crippen molar-refractivity contribution in [1.82, 2.24) is 9.78 Å². The molecule has 5 heteroatoms. The SMILES string of the molecule is CCn1nc(C)c(OCC(=O)O)c1C. The summed E-state index contributed by atoms with van der Waals surface area (Å²) >= 11 is 0. The Labute approximate surface area is 82.3 Å². The largest absolute Gasteiger partial charge is 0.479 e. The van der Waals surface area contributed by atoms with Crippen molar-refractivity contribution in [2.45, 2.75) is 27.3 Å². The predicted molar refractivity (Wildman–Crippen MR) is 50.5 cm³/mol. The van der Waals surface area contributed by atoms with Crippen molar-refractivity contribution in [3.63, 3.8) is 0 Å². The molecule has 14 heavy (non-hydrogen) atoms. The van der Waals surface area contributed by atoms with Crippen LogP contribution in [-0.2, 0) is 11.3 Å². The first-order chi connectivity index (χ1) is 6.56. The molecular formula is C9H14N2O3. The first-order valence-electron chi connectivity index (χ1n) is 4.44. The van der Waals surface area contributed by atoms with Crippen LogP contribution in [0, 0.1) is 13.8 Å². The molecule has 5 nitrogen and oxygen atoms in total. The number of aromatic nitrogens is 2. The summed E-state index contributed by atoms with van der Waals surface area (Å²) in [5.74, 6) is -0.401. The van der Waals surface area contributed by atoms with Crippen LogP contribution in [0.4, 0.5) is 0 Å². The molecule has 0 radical (unpaired) electrons. The Bertz CT molecular complexity index is 344. The molecule has 0 unspecified atom stereocenters. The van der Waals surface area contributed by atoms with E-state index in [0.29, 0.717) is 5.75 Å². The fourth-order valence-electron chi connectivity index (χ4n) is 1.33. The molecule has 0 saturated carbocycles. The van der Waals surface area contributed by atoms with Gasteiger partial charge in [-0.25, -0.2) is 4.79 Å². The van der Waals surface area contributed by atoms with Gasteiger partial charge < -0.3 is 9.84 Å². The minimum Gasteiger partial charge on any atom is -0.479 e. The summed E-state index contributed by atoms with van der Waals surface area (Å²) in [6, 6.07) is 0. The summed E-state index contributed by atoms with van der Waals surface area (Å²) in [6.45, 7) is 6.07. The number of carboxylic acids is 1. The van der Waals surface area contributed by atoms with Crippen LogP contribution in [0.1, 0.15) is 18.3 Å². The van der Waals surface area contributed by atoms with Gasteiger partial charge in [0.15, 0.2) is 12.4 Å². The van der Waals surface area contributed by atoms with Gasteiger partial charge in [0.05, 0.1) is 5.69 Å². The Kier molecular flexibility index (Phi) is 3.11. The second-order valence-electron chi connectivity index (χ2n) is 3.00. The Morgan fingerprint density at radius 2 is 2.21 bits per heavy atom. The van der Waals surface area contributed by atoms with Crippen molar-refractivity contribution < 1.29 is 14.6 Å². The predicted octanol–water partition coefficient (Wildman–Crippen LogP) is 0.983. The van der Waals surface area contributed by atoms with E-state index in [1.54, 1.807) is 11.6 Å². The van der Waals surface area contributed by atoms with Gasteiger partial charge in [0.25, 0.3) is 0 Å². The lowest BCUT2D eigenvalue weighted by Gasteiger charge is -2.03. The number of carbonyl (C=O) groups is 1. The van der Waals surface area contributed by atoms with Crippen LogP contribution in [0.25, 0.3) is 0 Å². The van der Waals surface area contributed by atoms with Gasteiger partial charge >= 0.3 is 5.97 Å². The van der Waals surface area contributed by atoms with Crippen LogP contribution >= 0.6 is 0 Å². The summed E-state index contributed by atoms with van der Waals surface area (Å²) in [5.41, 5.74) is 1.59. The quantitative estimate of drug-likeness (QED) is 0.783. The third-order valence-electron chi connectivity index (χ3n) is 1.95. The first-order valence-corrected chi connectivity index (χ1v) is 4.44. The smallest absolute Gasteiger partial charge is 0.341 e. The van der Waals surface area contributed by atoms with E-state index in [0.717, 1.165) is 17.9 Å². The molecule has 0 amide bonds. The zero-order valence-electron chi connectivity index (χ0n) is 8.57. The molecular weight excluding hydrogens is 184 g/mol. The zero-order valence-corrected chi connectivity index (χ0v) is 8.57. The summed E-state index contributed by atoms with van der Waals surface area (Å²) in [5, 5.41) is 12.7.